The first kappa shape index (κ1) is 38.8. The number of nitrogens with two attached hydrogens (primary N) is 2. The van der Waals surface area contributed by atoms with Crippen LogP contribution in [0.2, 0.25) is 0 Å². The fourth-order valence-electron chi connectivity index (χ4n) is 6.26. The molecule has 4 heteroatoms. The van der Waals surface area contributed by atoms with Crippen LogP contribution >= 0.6 is 0 Å². The SMILES string of the molecule is CC(C)C(N)CCCCCCCCCC(C)(C)c1cc(O)c(C(C)(C)CCCCCCCCCC(N)C(C)C)cc1O. The van der Waals surface area contributed by atoms with Gasteiger partial charge in [-0.3, -0.25) is 0 Å². The number of phenolic OH excluding ortho intramolecular Hbond substituents is 2. The van der Waals surface area contributed by atoms with E-state index < -0.39 is 0 Å². The summed E-state index contributed by atoms with van der Waals surface area (Å²) in [6, 6.07) is 4.38. The molecule has 0 aliphatic heterocycles. The van der Waals surface area contributed by atoms with Gasteiger partial charge in [-0.15, -0.1) is 0 Å². The lowest BCUT2D eigenvalue weighted by atomic mass is 9.75. The van der Waals surface area contributed by atoms with Crippen LogP contribution in [0.4, 0.5) is 0 Å². The van der Waals surface area contributed by atoms with Crippen LogP contribution in [0.1, 0.15) is 182 Å². The molecule has 4 nitrogen and oxygen atoms in total. The van der Waals surface area contributed by atoms with Crippen molar-refractivity contribution in [2.75, 3.05) is 0 Å². The van der Waals surface area contributed by atoms with Gasteiger partial charge in [-0.1, -0.05) is 145 Å². The molecule has 0 bridgehead atoms. The molecule has 6 N–H and O–H groups in total. The van der Waals surface area contributed by atoms with Crippen molar-refractivity contribution in [2.45, 2.75) is 194 Å². The summed E-state index contributed by atoms with van der Waals surface area (Å²) in [4.78, 5) is 0. The Morgan fingerprint density at radius 3 is 1.05 bits per heavy atom. The summed E-state index contributed by atoms with van der Waals surface area (Å²) in [7, 11) is 0. The van der Waals surface area contributed by atoms with E-state index in [1.165, 1.54) is 77.0 Å². The van der Waals surface area contributed by atoms with Crippen molar-refractivity contribution < 1.29 is 10.2 Å². The molecular formula is C38H72N2O2. The van der Waals surface area contributed by atoms with E-state index in [0.29, 0.717) is 35.4 Å². The summed E-state index contributed by atoms with van der Waals surface area (Å²) in [6.07, 6.45) is 21.8. The molecule has 0 saturated carbocycles. The Morgan fingerprint density at radius 1 is 0.500 bits per heavy atom. The third-order valence-electron chi connectivity index (χ3n) is 9.96. The van der Waals surface area contributed by atoms with E-state index in [1.54, 1.807) is 0 Å². The highest BCUT2D eigenvalue weighted by atomic mass is 16.3. The minimum absolute atomic E-state index is 0.170. The Bertz CT molecular complexity index is 776. The maximum absolute atomic E-state index is 11.1. The largest absolute Gasteiger partial charge is 0.508 e. The molecule has 2 unspecified atom stereocenters. The molecule has 0 saturated heterocycles. The molecule has 1 aromatic carbocycles. The molecule has 0 aliphatic carbocycles. The van der Waals surface area contributed by atoms with Crippen molar-refractivity contribution in [3.63, 3.8) is 0 Å². The Labute approximate surface area is 261 Å². The second kappa shape index (κ2) is 19.9. The molecule has 42 heavy (non-hydrogen) atoms. The monoisotopic (exact) mass is 589 g/mol. The Balaban J connectivity index is 2.41. The third-order valence-corrected chi connectivity index (χ3v) is 9.96. The molecule has 1 aromatic rings. The first-order chi connectivity index (χ1) is 19.7. The average Bonchev–Trinajstić information content (AvgIpc) is 2.91. The number of phenols is 2. The zero-order chi connectivity index (χ0) is 31.8. The highest BCUT2D eigenvalue weighted by molar-refractivity contribution is 5.50. The summed E-state index contributed by atoms with van der Waals surface area (Å²) >= 11 is 0. The van der Waals surface area contributed by atoms with E-state index in [4.69, 9.17) is 11.5 Å². The molecule has 246 valence electrons. The summed E-state index contributed by atoms with van der Waals surface area (Å²) in [5.74, 6) is 1.82. The van der Waals surface area contributed by atoms with Gasteiger partial charge in [0.05, 0.1) is 0 Å². The molecule has 0 radical (unpaired) electrons. The predicted molar refractivity (Wildman–Crippen MR) is 185 cm³/mol. The second-order valence-corrected chi connectivity index (χ2v) is 15.5. The Hall–Kier alpha value is -1.26. The second-order valence-electron chi connectivity index (χ2n) is 15.5. The number of rotatable bonds is 24. The number of benzene rings is 1. The summed E-state index contributed by atoms with van der Waals surface area (Å²) in [6.45, 7) is 17.6. The summed E-state index contributed by atoms with van der Waals surface area (Å²) in [5, 5.41) is 22.1. The molecule has 1 rings (SSSR count). The predicted octanol–water partition coefficient (Wildman–Crippen LogP) is 10.6. The van der Waals surface area contributed by atoms with E-state index in [2.05, 4.69) is 55.4 Å². The van der Waals surface area contributed by atoms with Crippen LogP contribution in [0.5, 0.6) is 11.5 Å². The van der Waals surface area contributed by atoms with E-state index in [0.717, 1.165) is 49.7 Å². The lowest BCUT2D eigenvalue weighted by Crippen LogP contribution is -2.25. The maximum Gasteiger partial charge on any atom is 0.119 e. The first-order valence-electron chi connectivity index (χ1n) is 17.8. The van der Waals surface area contributed by atoms with Crippen molar-refractivity contribution in [1.29, 1.82) is 0 Å². The van der Waals surface area contributed by atoms with Crippen LogP contribution in [0.25, 0.3) is 0 Å². The van der Waals surface area contributed by atoms with Gasteiger partial charge in [-0.05, 0) is 60.5 Å². The van der Waals surface area contributed by atoms with Crippen molar-refractivity contribution in [1.82, 2.24) is 0 Å². The lowest BCUT2D eigenvalue weighted by molar-refractivity contribution is 0.380. The standard InChI is InChI=1S/C38H72N2O2/c1-29(2)33(39)23-19-15-11-9-13-17-21-25-37(5,6)31-27-36(42)32(28-35(31)41)38(7,8)26-22-18-14-10-12-16-20-24-34(40)30(3)4/h27-30,33-34,41-42H,9-26,39-40H2,1-8H3. The van der Waals surface area contributed by atoms with Crippen LogP contribution in [0.15, 0.2) is 12.1 Å². The average molecular weight is 589 g/mol. The summed E-state index contributed by atoms with van der Waals surface area (Å²) in [5.41, 5.74) is 13.7. The van der Waals surface area contributed by atoms with Gasteiger partial charge < -0.3 is 21.7 Å². The van der Waals surface area contributed by atoms with E-state index in [1.807, 2.05) is 12.1 Å². The van der Waals surface area contributed by atoms with Crippen molar-refractivity contribution >= 4 is 0 Å². The highest BCUT2D eigenvalue weighted by Crippen LogP contribution is 2.43. The highest BCUT2D eigenvalue weighted by Gasteiger charge is 2.29. The molecule has 0 heterocycles. The van der Waals surface area contributed by atoms with Crippen molar-refractivity contribution in [3.05, 3.63) is 23.3 Å². The smallest absolute Gasteiger partial charge is 0.119 e. The van der Waals surface area contributed by atoms with Gasteiger partial charge >= 0.3 is 0 Å². The maximum atomic E-state index is 11.1. The molecule has 2 atom stereocenters. The van der Waals surface area contributed by atoms with Gasteiger partial charge in [0.25, 0.3) is 0 Å². The minimum Gasteiger partial charge on any atom is -0.508 e. The molecule has 0 aliphatic rings. The Kier molecular flexibility index (Phi) is 18.4. The Morgan fingerprint density at radius 2 is 0.762 bits per heavy atom. The molecule has 0 spiro atoms. The molecule has 0 fully saturated rings. The van der Waals surface area contributed by atoms with Gasteiger partial charge in [0, 0.05) is 23.2 Å². The van der Waals surface area contributed by atoms with E-state index in [-0.39, 0.29) is 10.8 Å². The van der Waals surface area contributed by atoms with Crippen LogP contribution in [-0.4, -0.2) is 22.3 Å². The third kappa shape index (κ3) is 15.0. The van der Waals surface area contributed by atoms with Gasteiger partial charge in [0.2, 0.25) is 0 Å². The zero-order valence-electron chi connectivity index (χ0n) is 29.2. The van der Waals surface area contributed by atoms with Crippen LogP contribution < -0.4 is 11.5 Å². The first-order valence-corrected chi connectivity index (χ1v) is 17.8. The summed E-state index contributed by atoms with van der Waals surface area (Å²) < 4.78 is 0. The lowest BCUT2D eigenvalue weighted by Gasteiger charge is -2.30. The zero-order valence-corrected chi connectivity index (χ0v) is 29.2. The number of unbranched alkanes of at least 4 members (excludes halogenated alkanes) is 12. The number of hydrogen-bond acceptors (Lipinski definition) is 4. The van der Waals surface area contributed by atoms with Gasteiger partial charge in [0.1, 0.15) is 11.5 Å². The fourth-order valence-corrected chi connectivity index (χ4v) is 6.26. The van der Waals surface area contributed by atoms with Gasteiger partial charge in [0.15, 0.2) is 0 Å². The van der Waals surface area contributed by atoms with Gasteiger partial charge in [-0.25, -0.2) is 0 Å². The van der Waals surface area contributed by atoms with Crippen LogP contribution in [0.3, 0.4) is 0 Å². The normalized spacial score (nSPS) is 14.2. The van der Waals surface area contributed by atoms with E-state index >= 15 is 0 Å². The van der Waals surface area contributed by atoms with Crippen LogP contribution in [0, 0.1) is 11.8 Å². The quantitative estimate of drug-likeness (QED) is 0.0714. The number of aromatic hydroxyl groups is 2. The molecule has 0 amide bonds. The molecule has 0 aromatic heterocycles. The van der Waals surface area contributed by atoms with Crippen molar-refractivity contribution in [2.24, 2.45) is 23.3 Å². The molecular weight excluding hydrogens is 516 g/mol. The minimum atomic E-state index is -0.170. The fraction of sp³-hybridized carbons (Fsp3) is 0.842. The van der Waals surface area contributed by atoms with Crippen molar-refractivity contribution in [3.8, 4) is 11.5 Å². The number of hydrogen-bond donors (Lipinski definition) is 4. The van der Waals surface area contributed by atoms with Gasteiger partial charge in [-0.2, -0.15) is 0 Å². The van der Waals surface area contributed by atoms with E-state index in [9.17, 15) is 10.2 Å². The van der Waals surface area contributed by atoms with Crippen LogP contribution in [-0.2, 0) is 10.8 Å². The topological polar surface area (TPSA) is 92.5 Å².